The number of nitrogens with two attached hydrogens (primary N) is 3. The number of pyridine rings is 1. The van der Waals surface area contributed by atoms with E-state index in [9.17, 15) is 4.79 Å². The monoisotopic (exact) mass is 268 g/mol. The quantitative estimate of drug-likeness (QED) is 0.658. The molecule has 0 aliphatic heterocycles. The van der Waals surface area contributed by atoms with Crippen LogP contribution in [0.3, 0.4) is 0 Å². The molecule has 1 aromatic rings. The Morgan fingerprint density at radius 1 is 1.25 bits per heavy atom. The van der Waals surface area contributed by atoms with Gasteiger partial charge in [-0.2, -0.15) is 0 Å². The fourth-order valence-electron chi connectivity index (χ4n) is 0.646. The van der Waals surface area contributed by atoms with E-state index in [1.165, 1.54) is 6.20 Å². The zero-order chi connectivity index (χ0) is 11.0. The zero-order valence-corrected chi connectivity index (χ0v) is 9.96. The molecule has 0 bridgehead atoms. The molecule has 0 saturated carbocycles. The molecule has 1 heterocycles. The summed E-state index contributed by atoms with van der Waals surface area (Å²) in [6.45, 7) is 0.0473. The highest BCUT2D eigenvalue weighted by Gasteiger charge is 1.99. The molecule has 2 amide bonds. The van der Waals surface area contributed by atoms with Gasteiger partial charge in [0, 0.05) is 18.0 Å². The summed E-state index contributed by atoms with van der Waals surface area (Å²) in [6.07, 6.45) is 3.13. The lowest BCUT2D eigenvalue weighted by atomic mass is 10.2. The number of amides is 2. The SMILES string of the molecule is Cl.Cl.NC(N)=O.NCC(=O)c1cccnc1. The summed E-state index contributed by atoms with van der Waals surface area (Å²) >= 11 is 0. The van der Waals surface area contributed by atoms with E-state index in [1.54, 1.807) is 18.3 Å². The van der Waals surface area contributed by atoms with Crippen molar-refractivity contribution < 1.29 is 9.59 Å². The second-order valence-corrected chi connectivity index (χ2v) is 2.27. The van der Waals surface area contributed by atoms with Gasteiger partial charge in [-0.05, 0) is 12.1 Å². The standard InChI is InChI=1S/C7H8N2O.CH4N2O.2ClH/c8-4-7(10)6-2-1-3-9-5-6;2-1(3)4;;/h1-3,5H,4,8H2;(H4,2,3,4);2*1H. The van der Waals surface area contributed by atoms with E-state index < -0.39 is 6.03 Å². The molecule has 6 N–H and O–H groups in total. The van der Waals surface area contributed by atoms with E-state index in [-0.39, 0.29) is 37.1 Å². The summed E-state index contributed by atoms with van der Waals surface area (Å²) < 4.78 is 0. The zero-order valence-electron chi connectivity index (χ0n) is 8.33. The number of Topliss-reactive ketones (excluding diaryl/α,β-unsaturated/α-hetero) is 1. The normalized spacial score (nSPS) is 7.31. The highest BCUT2D eigenvalue weighted by molar-refractivity contribution is 5.97. The molecule has 8 heteroatoms. The Balaban J connectivity index is -0.000000249. The lowest BCUT2D eigenvalue weighted by Crippen LogP contribution is -2.18. The predicted molar refractivity (Wildman–Crippen MR) is 65.9 cm³/mol. The number of nitrogens with zero attached hydrogens (tertiary/aromatic N) is 1. The highest BCUT2D eigenvalue weighted by Crippen LogP contribution is 1.94. The number of carbonyl (C=O) groups excluding carboxylic acids is 2. The highest BCUT2D eigenvalue weighted by atomic mass is 35.5. The van der Waals surface area contributed by atoms with Crippen LogP contribution in [0.5, 0.6) is 0 Å². The van der Waals surface area contributed by atoms with Crippen molar-refractivity contribution in [3.05, 3.63) is 30.1 Å². The minimum atomic E-state index is -0.833. The Hall–Kier alpha value is -1.37. The van der Waals surface area contributed by atoms with Crippen molar-refractivity contribution in [3.63, 3.8) is 0 Å². The van der Waals surface area contributed by atoms with Crippen LogP contribution in [-0.2, 0) is 0 Å². The van der Waals surface area contributed by atoms with Gasteiger partial charge < -0.3 is 17.2 Å². The molecular formula is C8H14Cl2N4O2. The molecule has 0 spiro atoms. The van der Waals surface area contributed by atoms with Crippen molar-refractivity contribution in [2.24, 2.45) is 17.2 Å². The van der Waals surface area contributed by atoms with Gasteiger partial charge in [0.15, 0.2) is 5.78 Å². The van der Waals surface area contributed by atoms with E-state index in [4.69, 9.17) is 10.5 Å². The summed E-state index contributed by atoms with van der Waals surface area (Å²) in [5.74, 6) is -0.0758. The number of urea groups is 1. The topological polar surface area (TPSA) is 125 Å². The van der Waals surface area contributed by atoms with Gasteiger partial charge in [0.2, 0.25) is 0 Å². The number of aromatic nitrogens is 1. The molecular weight excluding hydrogens is 255 g/mol. The van der Waals surface area contributed by atoms with Crippen LogP contribution in [0.25, 0.3) is 0 Å². The van der Waals surface area contributed by atoms with Gasteiger partial charge in [-0.15, -0.1) is 24.8 Å². The Morgan fingerprint density at radius 3 is 2.06 bits per heavy atom. The van der Waals surface area contributed by atoms with Crippen molar-refractivity contribution >= 4 is 36.6 Å². The molecule has 0 fully saturated rings. The lowest BCUT2D eigenvalue weighted by molar-refractivity contribution is 0.100. The third-order valence-electron chi connectivity index (χ3n) is 1.17. The first-order valence-corrected chi connectivity index (χ1v) is 3.76. The van der Waals surface area contributed by atoms with Gasteiger partial charge in [-0.1, -0.05) is 0 Å². The van der Waals surface area contributed by atoms with Crippen LogP contribution in [-0.4, -0.2) is 23.3 Å². The molecule has 0 radical (unpaired) electrons. The second-order valence-electron chi connectivity index (χ2n) is 2.27. The summed E-state index contributed by atoms with van der Waals surface area (Å²) in [6, 6.07) is 2.57. The first-order chi connectivity index (χ1) is 6.57. The first-order valence-electron chi connectivity index (χ1n) is 3.76. The van der Waals surface area contributed by atoms with Crippen molar-refractivity contribution in [1.82, 2.24) is 4.98 Å². The Labute approximate surface area is 105 Å². The van der Waals surface area contributed by atoms with Crippen molar-refractivity contribution in [2.45, 2.75) is 0 Å². The molecule has 6 nitrogen and oxygen atoms in total. The van der Waals surface area contributed by atoms with Crippen LogP contribution in [0.15, 0.2) is 24.5 Å². The van der Waals surface area contributed by atoms with E-state index in [0.29, 0.717) is 5.56 Å². The Bertz CT molecular complexity index is 304. The van der Waals surface area contributed by atoms with Crippen molar-refractivity contribution in [1.29, 1.82) is 0 Å². The van der Waals surface area contributed by atoms with Gasteiger partial charge >= 0.3 is 6.03 Å². The number of primary amides is 2. The molecule has 0 saturated heterocycles. The fraction of sp³-hybridized carbons (Fsp3) is 0.125. The molecule has 0 aromatic carbocycles. The van der Waals surface area contributed by atoms with Gasteiger partial charge in [0.05, 0.1) is 6.54 Å². The molecule has 16 heavy (non-hydrogen) atoms. The summed E-state index contributed by atoms with van der Waals surface area (Å²) in [7, 11) is 0. The Kier molecular flexibility index (Phi) is 14.7. The molecule has 0 unspecified atom stereocenters. The van der Waals surface area contributed by atoms with Gasteiger partial charge in [0.25, 0.3) is 0 Å². The van der Waals surface area contributed by atoms with Gasteiger partial charge in [0.1, 0.15) is 0 Å². The summed E-state index contributed by atoms with van der Waals surface area (Å²) in [5.41, 5.74) is 14.2. The minimum Gasteiger partial charge on any atom is -0.352 e. The number of hydrogen-bond acceptors (Lipinski definition) is 4. The fourth-order valence-corrected chi connectivity index (χ4v) is 0.646. The van der Waals surface area contributed by atoms with Crippen molar-refractivity contribution in [3.8, 4) is 0 Å². The molecule has 1 rings (SSSR count). The number of hydrogen-bond donors (Lipinski definition) is 3. The number of ketones is 1. The molecule has 0 atom stereocenters. The maximum Gasteiger partial charge on any atom is 0.309 e. The average molecular weight is 269 g/mol. The van der Waals surface area contributed by atoms with Gasteiger partial charge in [-0.25, -0.2) is 4.79 Å². The van der Waals surface area contributed by atoms with Gasteiger partial charge in [-0.3, -0.25) is 9.78 Å². The van der Waals surface area contributed by atoms with E-state index in [2.05, 4.69) is 16.5 Å². The third-order valence-corrected chi connectivity index (χ3v) is 1.17. The van der Waals surface area contributed by atoms with E-state index in [0.717, 1.165) is 0 Å². The van der Waals surface area contributed by atoms with Crippen LogP contribution >= 0.6 is 24.8 Å². The maximum absolute atomic E-state index is 10.8. The predicted octanol–water partition coefficient (Wildman–Crippen LogP) is 0.0904. The lowest BCUT2D eigenvalue weighted by Gasteiger charge is -1.92. The minimum absolute atomic E-state index is 0. The third kappa shape index (κ3) is 10.7. The largest absolute Gasteiger partial charge is 0.352 e. The van der Waals surface area contributed by atoms with Crippen LogP contribution in [0.1, 0.15) is 10.4 Å². The van der Waals surface area contributed by atoms with Crippen LogP contribution in [0.2, 0.25) is 0 Å². The number of rotatable bonds is 2. The number of carbonyl (C=O) groups is 2. The first kappa shape index (κ1) is 20.1. The summed E-state index contributed by atoms with van der Waals surface area (Å²) in [4.78, 5) is 23.6. The molecule has 1 aromatic heterocycles. The van der Waals surface area contributed by atoms with E-state index in [1.807, 2.05) is 0 Å². The molecule has 0 aliphatic rings. The van der Waals surface area contributed by atoms with E-state index >= 15 is 0 Å². The molecule has 0 aliphatic carbocycles. The van der Waals surface area contributed by atoms with Crippen LogP contribution in [0.4, 0.5) is 4.79 Å². The Morgan fingerprint density at radius 2 is 1.75 bits per heavy atom. The maximum atomic E-state index is 10.8. The average Bonchev–Trinajstić information content (AvgIpc) is 2.17. The number of halogens is 2. The van der Waals surface area contributed by atoms with Crippen molar-refractivity contribution in [2.75, 3.05) is 6.54 Å². The van der Waals surface area contributed by atoms with Crippen LogP contribution < -0.4 is 17.2 Å². The summed E-state index contributed by atoms with van der Waals surface area (Å²) in [5, 5.41) is 0. The van der Waals surface area contributed by atoms with Crippen LogP contribution in [0, 0.1) is 0 Å². The second kappa shape index (κ2) is 11.7. The molecule has 92 valence electrons. The smallest absolute Gasteiger partial charge is 0.309 e.